The molecule has 1 aliphatic heterocycles. The van der Waals surface area contributed by atoms with E-state index in [0.29, 0.717) is 17.5 Å². The van der Waals surface area contributed by atoms with E-state index >= 15 is 0 Å². The fraction of sp³-hybridized carbons (Fsp3) is 0.606. The van der Waals surface area contributed by atoms with E-state index in [0.717, 1.165) is 73.6 Å². The number of amides is 1. The number of benzene rings is 1. The zero-order chi connectivity index (χ0) is 27.8. The van der Waals surface area contributed by atoms with Gasteiger partial charge in [0.25, 0.3) is 5.91 Å². The van der Waals surface area contributed by atoms with Gasteiger partial charge in [-0.15, -0.1) is 0 Å². The molecule has 40 heavy (non-hydrogen) atoms. The van der Waals surface area contributed by atoms with Crippen LogP contribution in [0.1, 0.15) is 84.1 Å². The van der Waals surface area contributed by atoms with Crippen LogP contribution in [0.3, 0.4) is 0 Å². The summed E-state index contributed by atoms with van der Waals surface area (Å²) in [7, 11) is 1.68. The SMILES string of the molecule is C.COc1ccc(-c2nc3cnc(C(=O)N(CCC(C)C)CCC(C)C)cc3n2CCCN2CCCCC2)cc1. The molecule has 3 aromatic rings. The molecule has 0 unspecified atom stereocenters. The number of likely N-dealkylation sites (tertiary alicyclic amines) is 1. The molecule has 1 amide bonds. The maximum atomic E-state index is 13.7. The van der Waals surface area contributed by atoms with Crippen LogP contribution in [0.5, 0.6) is 5.75 Å². The average molecular weight is 550 g/mol. The molecule has 0 aliphatic carbocycles. The fourth-order valence-corrected chi connectivity index (χ4v) is 5.27. The predicted molar refractivity (Wildman–Crippen MR) is 166 cm³/mol. The van der Waals surface area contributed by atoms with Crippen LogP contribution in [0.4, 0.5) is 0 Å². The second kappa shape index (κ2) is 15.2. The van der Waals surface area contributed by atoms with Gasteiger partial charge >= 0.3 is 0 Å². The van der Waals surface area contributed by atoms with Crippen molar-refractivity contribution in [3.8, 4) is 17.1 Å². The third-order valence-corrected chi connectivity index (χ3v) is 7.75. The van der Waals surface area contributed by atoms with Crippen molar-refractivity contribution in [3.63, 3.8) is 0 Å². The van der Waals surface area contributed by atoms with Crippen molar-refractivity contribution in [1.82, 2.24) is 24.3 Å². The van der Waals surface area contributed by atoms with Gasteiger partial charge in [-0.1, -0.05) is 41.5 Å². The van der Waals surface area contributed by atoms with Crippen LogP contribution in [0.25, 0.3) is 22.4 Å². The zero-order valence-corrected chi connectivity index (χ0v) is 24.7. The summed E-state index contributed by atoms with van der Waals surface area (Å²) in [5.74, 6) is 2.84. The Labute approximate surface area is 241 Å². The minimum absolute atomic E-state index is 0. The van der Waals surface area contributed by atoms with Gasteiger partial charge in [-0.25, -0.2) is 9.97 Å². The highest BCUT2D eigenvalue weighted by Crippen LogP contribution is 2.27. The van der Waals surface area contributed by atoms with Crippen LogP contribution in [-0.2, 0) is 6.54 Å². The normalized spacial score (nSPS) is 14.1. The van der Waals surface area contributed by atoms with E-state index in [1.54, 1.807) is 13.3 Å². The minimum atomic E-state index is 0. The molecule has 3 heterocycles. The number of hydrogen-bond donors (Lipinski definition) is 0. The lowest BCUT2D eigenvalue weighted by molar-refractivity contribution is 0.0735. The number of carbonyl (C=O) groups is 1. The molecular weight excluding hydrogens is 498 g/mol. The largest absolute Gasteiger partial charge is 0.497 e. The van der Waals surface area contributed by atoms with E-state index in [2.05, 4.69) is 54.3 Å². The van der Waals surface area contributed by atoms with Gasteiger partial charge in [0.05, 0.1) is 18.8 Å². The second-order valence-electron chi connectivity index (χ2n) is 11.8. The van der Waals surface area contributed by atoms with Crippen LogP contribution in [0.15, 0.2) is 36.5 Å². The number of imidazole rings is 1. The van der Waals surface area contributed by atoms with Crippen molar-refractivity contribution in [2.75, 3.05) is 39.8 Å². The van der Waals surface area contributed by atoms with E-state index in [4.69, 9.17) is 9.72 Å². The topological polar surface area (TPSA) is 63.5 Å². The van der Waals surface area contributed by atoms with Crippen molar-refractivity contribution >= 4 is 16.9 Å². The van der Waals surface area contributed by atoms with Crippen LogP contribution < -0.4 is 4.74 Å². The number of aromatic nitrogens is 3. The quantitative estimate of drug-likeness (QED) is 0.226. The Bertz CT molecular complexity index is 1180. The summed E-state index contributed by atoms with van der Waals surface area (Å²) in [5, 5.41) is 0. The molecule has 7 nitrogen and oxygen atoms in total. The summed E-state index contributed by atoms with van der Waals surface area (Å²) in [6.45, 7) is 14.7. The van der Waals surface area contributed by atoms with Gasteiger partial charge in [0, 0.05) is 25.2 Å². The molecular formula is C33H51N5O2. The van der Waals surface area contributed by atoms with Crippen LogP contribution >= 0.6 is 0 Å². The Morgan fingerprint density at radius 2 is 1.62 bits per heavy atom. The Morgan fingerprint density at radius 1 is 0.975 bits per heavy atom. The number of ether oxygens (including phenoxy) is 1. The molecule has 0 atom stereocenters. The minimum Gasteiger partial charge on any atom is -0.497 e. The van der Waals surface area contributed by atoms with Gasteiger partial charge in [0.15, 0.2) is 0 Å². The molecule has 7 heteroatoms. The molecule has 220 valence electrons. The summed E-state index contributed by atoms with van der Waals surface area (Å²) in [5.41, 5.74) is 3.35. The summed E-state index contributed by atoms with van der Waals surface area (Å²) in [6.07, 6.45) is 8.73. The smallest absolute Gasteiger partial charge is 0.272 e. The average Bonchev–Trinajstić information content (AvgIpc) is 3.30. The summed E-state index contributed by atoms with van der Waals surface area (Å²) >= 11 is 0. The molecule has 2 aromatic heterocycles. The lowest BCUT2D eigenvalue weighted by atomic mass is 10.1. The number of hydrogen-bond acceptors (Lipinski definition) is 5. The monoisotopic (exact) mass is 549 g/mol. The van der Waals surface area contributed by atoms with Crippen molar-refractivity contribution in [1.29, 1.82) is 0 Å². The molecule has 0 spiro atoms. The lowest BCUT2D eigenvalue weighted by Crippen LogP contribution is -2.34. The first-order valence-electron chi connectivity index (χ1n) is 14.9. The van der Waals surface area contributed by atoms with Crippen molar-refractivity contribution in [2.45, 2.75) is 80.2 Å². The highest BCUT2D eigenvalue weighted by Gasteiger charge is 2.21. The van der Waals surface area contributed by atoms with E-state index in [1.807, 2.05) is 23.1 Å². The Hall–Kier alpha value is -2.93. The summed E-state index contributed by atoms with van der Waals surface area (Å²) < 4.78 is 7.66. The number of piperidine rings is 1. The standard InChI is InChI=1S/C32H47N5O2.CH4/c1-24(2)14-20-36(21-15-25(3)4)32(38)28-22-30-29(23-33-28)34-31(26-10-12-27(39-5)13-11-26)37(30)19-9-18-35-16-7-6-8-17-35;/h10-13,22-25H,6-9,14-21H2,1-5H3;1H4. The van der Waals surface area contributed by atoms with E-state index in [-0.39, 0.29) is 13.3 Å². The van der Waals surface area contributed by atoms with Crippen LogP contribution in [-0.4, -0.2) is 70.1 Å². The maximum absolute atomic E-state index is 13.7. The van der Waals surface area contributed by atoms with Crippen molar-refractivity contribution < 1.29 is 9.53 Å². The number of pyridine rings is 1. The van der Waals surface area contributed by atoms with Crippen molar-refractivity contribution in [3.05, 3.63) is 42.2 Å². The lowest BCUT2D eigenvalue weighted by Gasteiger charge is -2.26. The number of nitrogens with zero attached hydrogens (tertiary/aromatic N) is 5. The van der Waals surface area contributed by atoms with Gasteiger partial charge < -0.3 is 19.1 Å². The zero-order valence-electron chi connectivity index (χ0n) is 24.7. The maximum Gasteiger partial charge on any atom is 0.272 e. The van der Waals surface area contributed by atoms with Gasteiger partial charge in [-0.2, -0.15) is 0 Å². The molecule has 1 fully saturated rings. The Kier molecular flexibility index (Phi) is 12.0. The first-order chi connectivity index (χ1) is 18.9. The number of methoxy groups -OCH3 is 1. The van der Waals surface area contributed by atoms with Gasteiger partial charge in [-0.05, 0) is 93.9 Å². The van der Waals surface area contributed by atoms with Crippen molar-refractivity contribution in [2.24, 2.45) is 11.8 Å². The van der Waals surface area contributed by atoms with Gasteiger partial charge in [-0.3, -0.25) is 4.79 Å². The first kappa shape index (κ1) is 31.6. The van der Waals surface area contributed by atoms with E-state index in [9.17, 15) is 4.79 Å². The summed E-state index contributed by atoms with van der Waals surface area (Å²) in [4.78, 5) is 27.9. The molecule has 0 saturated carbocycles. The van der Waals surface area contributed by atoms with Crippen LogP contribution in [0.2, 0.25) is 0 Å². The molecule has 0 radical (unpaired) electrons. The van der Waals surface area contributed by atoms with Gasteiger partial charge in [0.1, 0.15) is 22.8 Å². The highest BCUT2D eigenvalue weighted by molar-refractivity contribution is 5.95. The van der Waals surface area contributed by atoms with Gasteiger partial charge in [0.2, 0.25) is 0 Å². The third-order valence-electron chi connectivity index (χ3n) is 7.75. The highest BCUT2D eigenvalue weighted by atomic mass is 16.5. The first-order valence-corrected chi connectivity index (χ1v) is 14.9. The van der Waals surface area contributed by atoms with E-state index in [1.165, 1.54) is 32.4 Å². The third kappa shape index (κ3) is 8.29. The number of carbonyl (C=O) groups excluding carboxylic acids is 1. The second-order valence-corrected chi connectivity index (χ2v) is 11.8. The number of aryl methyl sites for hydroxylation is 1. The number of rotatable bonds is 13. The van der Waals surface area contributed by atoms with E-state index < -0.39 is 0 Å². The Balaban J connectivity index is 0.00000441. The molecule has 4 rings (SSSR count). The van der Waals surface area contributed by atoms with Crippen LogP contribution in [0, 0.1) is 11.8 Å². The molecule has 0 N–H and O–H groups in total. The summed E-state index contributed by atoms with van der Waals surface area (Å²) in [6, 6.07) is 10.0. The molecule has 1 aliphatic rings. The molecule has 0 bridgehead atoms. The molecule has 1 saturated heterocycles. The Morgan fingerprint density at radius 3 is 2.23 bits per heavy atom. The predicted octanol–water partition coefficient (Wildman–Crippen LogP) is 7.15. The fourth-order valence-electron chi connectivity index (χ4n) is 5.27. The molecule has 1 aromatic carbocycles. The number of fused-ring (bicyclic) bond motifs is 1.